The third-order valence-electron chi connectivity index (χ3n) is 3.15. The van der Waals surface area contributed by atoms with Crippen LogP contribution < -0.4 is 5.73 Å². The topological polar surface area (TPSA) is 77.2 Å². The number of aliphatic hydroxyl groups is 1. The summed E-state index contributed by atoms with van der Waals surface area (Å²) in [5.41, 5.74) is 8.21. The highest BCUT2D eigenvalue weighted by Gasteiger charge is 2.10. The molecule has 19 heavy (non-hydrogen) atoms. The van der Waals surface area contributed by atoms with E-state index in [0.717, 1.165) is 23.2 Å². The molecule has 5 nitrogen and oxygen atoms in total. The molecule has 0 atom stereocenters. The van der Waals surface area contributed by atoms with Gasteiger partial charge in [-0.05, 0) is 30.3 Å². The Kier molecular flexibility index (Phi) is 2.97. The van der Waals surface area contributed by atoms with Gasteiger partial charge in [0.05, 0.1) is 17.3 Å². The van der Waals surface area contributed by atoms with E-state index in [1.54, 1.807) is 6.26 Å². The molecule has 2 aromatic heterocycles. The molecule has 0 bridgehead atoms. The second-order valence-corrected chi connectivity index (χ2v) is 4.42. The summed E-state index contributed by atoms with van der Waals surface area (Å²) in [4.78, 5) is 4.39. The summed E-state index contributed by atoms with van der Waals surface area (Å²) >= 11 is 0. The van der Waals surface area contributed by atoms with E-state index in [9.17, 15) is 5.11 Å². The first-order valence-electron chi connectivity index (χ1n) is 6.16. The molecule has 1 aromatic carbocycles. The Labute approximate surface area is 110 Å². The number of aryl methyl sites for hydroxylation is 2. The van der Waals surface area contributed by atoms with Crippen molar-refractivity contribution in [3.05, 3.63) is 48.2 Å². The number of aromatic nitrogens is 2. The summed E-state index contributed by atoms with van der Waals surface area (Å²) in [7, 11) is 0. The summed E-state index contributed by atoms with van der Waals surface area (Å²) < 4.78 is 7.32. The lowest BCUT2D eigenvalue weighted by atomic mass is 10.2. The smallest absolute Gasteiger partial charge is 0.135 e. The molecule has 0 radical (unpaired) electrons. The largest absolute Gasteiger partial charge is 0.469 e. The van der Waals surface area contributed by atoms with Gasteiger partial charge in [-0.15, -0.1) is 0 Å². The number of furan rings is 1. The molecule has 0 fully saturated rings. The number of hydrogen-bond acceptors (Lipinski definition) is 4. The fraction of sp³-hybridized carbons (Fsp3) is 0.214. The molecule has 0 saturated carbocycles. The maximum absolute atomic E-state index is 9.41. The van der Waals surface area contributed by atoms with Gasteiger partial charge in [-0.1, -0.05) is 0 Å². The van der Waals surface area contributed by atoms with E-state index >= 15 is 0 Å². The summed E-state index contributed by atoms with van der Waals surface area (Å²) in [6.45, 7) is 0.622. The zero-order valence-corrected chi connectivity index (χ0v) is 10.4. The van der Waals surface area contributed by atoms with Gasteiger partial charge in [-0.25, -0.2) is 4.98 Å². The second-order valence-electron chi connectivity index (χ2n) is 4.42. The van der Waals surface area contributed by atoms with Crippen molar-refractivity contribution < 1.29 is 9.52 Å². The van der Waals surface area contributed by atoms with Gasteiger partial charge in [0.25, 0.3) is 0 Å². The highest BCUT2D eigenvalue weighted by atomic mass is 16.3. The number of benzene rings is 1. The molecule has 0 saturated heterocycles. The molecule has 0 aliphatic rings. The van der Waals surface area contributed by atoms with Crippen molar-refractivity contribution in [3.8, 4) is 0 Å². The lowest BCUT2D eigenvalue weighted by molar-refractivity contribution is 0.265. The first-order valence-corrected chi connectivity index (χ1v) is 6.16. The lowest BCUT2D eigenvalue weighted by Crippen LogP contribution is -2.05. The normalized spacial score (nSPS) is 11.2. The standard InChI is InChI=1S/C14H15N3O2/c15-10-3-4-13-12(8-10)16-14(9-18)17(13)6-5-11-2-1-7-19-11/h1-4,7-8,18H,5-6,9,15H2. The van der Waals surface area contributed by atoms with Crippen molar-refractivity contribution in [2.24, 2.45) is 0 Å². The molecule has 98 valence electrons. The van der Waals surface area contributed by atoms with E-state index < -0.39 is 0 Å². The SMILES string of the molecule is Nc1ccc2c(c1)nc(CO)n2CCc1ccco1. The summed E-state index contributed by atoms with van der Waals surface area (Å²) in [6, 6.07) is 9.40. The first-order chi connectivity index (χ1) is 9.28. The van der Waals surface area contributed by atoms with Crippen molar-refractivity contribution in [1.29, 1.82) is 0 Å². The highest BCUT2D eigenvalue weighted by molar-refractivity contribution is 5.79. The molecule has 2 heterocycles. The highest BCUT2D eigenvalue weighted by Crippen LogP contribution is 2.20. The number of aliphatic hydroxyl groups excluding tert-OH is 1. The molecule has 3 rings (SSSR count). The molecule has 0 aliphatic carbocycles. The third kappa shape index (κ3) is 2.20. The molecular weight excluding hydrogens is 242 g/mol. The van der Waals surface area contributed by atoms with Gasteiger partial charge < -0.3 is 19.8 Å². The van der Waals surface area contributed by atoms with Crippen LogP contribution >= 0.6 is 0 Å². The second kappa shape index (κ2) is 4.78. The fourth-order valence-electron chi connectivity index (χ4n) is 2.24. The quantitative estimate of drug-likeness (QED) is 0.700. The van der Waals surface area contributed by atoms with Crippen LogP contribution in [0.3, 0.4) is 0 Å². The monoisotopic (exact) mass is 257 g/mol. The number of nitrogens with two attached hydrogens (primary N) is 1. The fourth-order valence-corrected chi connectivity index (χ4v) is 2.24. The number of rotatable bonds is 4. The predicted octanol–water partition coefficient (Wildman–Crippen LogP) is 1.95. The van der Waals surface area contributed by atoms with Crippen molar-refractivity contribution in [2.45, 2.75) is 19.6 Å². The third-order valence-corrected chi connectivity index (χ3v) is 3.15. The maximum Gasteiger partial charge on any atom is 0.135 e. The Balaban J connectivity index is 1.96. The van der Waals surface area contributed by atoms with E-state index in [1.165, 1.54) is 0 Å². The minimum Gasteiger partial charge on any atom is -0.469 e. The lowest BCUT2D eigenvalue weighted by Gasteiger charge is -2.06. The molecule has 3 N–H and O–H groups in total. The minimum atomic E-state index is -0.0905. The van der Waals surface area contributed by atoms with Crippen LogP contribution in [-0.2, 0) is 19.6 Å². The van der Waals surface area contributed by atoms with Crippen LogP contribution in [0.4, 0.5) is 5.69 Å². The van der Waals surface area contributed by atoms with Crippen molar-refractivity contribution in [3.63, 3.8) is 0 Å². The number of fused-ring (bicyclic) bond motifs is 1. The van der Waals surface area contributed by atoms with Crippen molar-refractivity contribution in [2.75, 3.05) is 5.73 Å². The van der Waals surface area contributed by atoms with E-state index in [1.807, 2.05) is 34.9 Å². The summed E-state index contributed by atoms with van der Waals surface area (Å²) in [5.74, 6) is 1.56. The number of imidazole rings is 1. The Morgan fingerprint density at radius 3 is 2.95 bits per heavy atom. The Morgan fingerprint density at radius 2 is 2.21 bits per heavy atom. The Hall–Kier alpha value is -2.27. The molecular formula is C14H15N3O2. The maximum atomic E-state index is 9.41. The first kappa shape index (κ1) is 11.8. The number of hydrogen-bond donors (Lipinski definition) is 2. The number of anilines is 1. The van der Waals surface area contributed by atoms with Gasteiger partial charge in [0.1, 0.15) is 18.2 Å². The van der Waals surface area contributed by atoms with Gasteiger partial charge >= 0.3 is 0 Å². The molecule has 0 spiro atoms. The molecule has 0 amide bonds. The zero-order chi connectivity index (χ0) is 13.2. The van der Waals surface area contributed by atoms with E-state index in [-0.39, 0.29) is 6.61 Å². The van der Waals surface area contributed by atoms with Crippen LogP contribution in [0.25, 0.3) is 11.0 Å². The summed E-state index contributed by atoms with van der Waals surface area (Å²) in [5, 5.41) is 9.41. The van der Waals surface area contributed by atoms with Crippen LogP contribution in [-0.4, -0.2) is 14.7 Å². The van der Waals surface area contributed by atoms with Crippen molar-refractivity contribution >= 4 is 16.7 Å². The Bertz CT molecular complexity index is 686. The Morgan fingerprint density at radius 1 is 1.32 bits per heavy atom. The zero-order valence-electron chi connectivity index (χ0n) is 10.4. The number of nitrogens with zero attached hydrogens (tertiary/aromatic N) is 2. The van der Waals surface area contributed by atoms with Crippen LogP contribution in [0, 0.1) is 0 Å². The van der Waals surface area contributed by atoms with Gasteiger partial charge in [0, 0.05) is 18.7 Å². The van der Waals surface area contributed by atoms with Crippen LogP contribution in [0.5, 0.6) is 0 Å². The van der Waals surface area contributed by atoms with Gasteiger partial charge in [-0.3, -0.25) is 0 Å². The van der Waals surface area contributed by atoms with Gasteiger partial charge in [-0.2, -0.15) is 0 Å². The van der Waals surface area contributed by atoms with Crippen LogP contribution in [0.15, 0.2) is 41.0 Å². The van der Waals surface area contributed by atoms with Crippen LogP contribution in [0.2, 0.25) is 0 Å². The average molecular weight is 257 g/mol. The molecule has 3 aromatic rings. The van der Waals surface area contributed by atoms with Gasteiger partial charge in [0.15, 0.2) is 0 Å². The minimum absolute atomic E-state index is 0.0905. The molecule has 5 heteroatoms. The molecule has 0 unspecified atom stereocenters. The summed E-state index contributed by atoms with van der Waals surface area (Å²) in [6.07, 6.45) is 2.42. The van der Waals surface area contributed by atoms with E-state index in [2.05, 4.69) is 4.98 Å². The number of nitrogen functional groups attached to an aromatic ring is 1. The van der Waals surface area contributed by atoms with E-state index in [4.69, 9.17) is 10.2 Å². The van der Waals surface area contributed by atoms with Gasteiger partial charge in [0.2, 0.25) is 0 Å². The van der Waals surface area contributed by atoms with E-state index in [0.29, 0.717) is 18.1 Å². The molecule has 0 aliphatic heterocycles. The van der Waals surface area contributed by atoms with Crippen LogP contribution in [0.1, 0.15) is 11.6 Å². The van der Waals surface area contributed by atoms with Crippen molar-refractivity contribution in [1.82, 2.24) is 9.55 Å². The average Bonchev–Trinajstić information content (AvgIpc) is 3.02. The predicted molar refractivity (Wildman–Crippen MR) is 72.5 cm³/mol.